The SMILES string of the molecule is C=C/C=C(C)\C(C)=C(/OP(n1cccc1)n1cccc1)C1C=CC(C)=C1C. The van der Waals surface area contributed by atoms with Crippen molar-refractivity contribution < 1.29 is 4.52 Å². The molecule has 4 heteroatoms. The van der Waals surface area contributed by atoms with Crippen LogP contribution in [0.15, 0.2) is 108 Å². The molecule has 0 saturated heterocycles. The molecule has 0 fully saturated rings. The molecule has 2 heterocycles. The van der Waals surface area contributed by atoms with E-state index in [2.05, 4.69) is 79.9 Å². The van der Waals surface area contributed by atoms with E-state index in [0.717, 1.165) is 11.3 Å². The van der Waals surface area contributed by atoms with Crippen LogP contribution in [0.2, 0.25) is 0 Å². The summed E-state index contributed by atoms with van der Waals surface area (Å²) in [6.07, 6.45) is 16.5. The van der Waals surface area contributed by atoms with Gasteiger partial charge in [0.05, 0.1) is 5.92 Å². The summed E-state index contributed by atoms with van der Waals surface area (Å²) in [6.45, 7) is 12.4. The van der Waals surface area contributed by atoms with Crippen LogP contribution >= 0.6 is 8.45 Å². The predicted molar refractivity (Wildman–Crippen MR) is 115 cm³/mol. The molecule has 2 aromatic rings. The Hall–Kier alpha value is -2.51. The van der Waals surface area contributed by atoms with E-state index in [-0.39, 0.29) is 5.92 Å². The zero-order chi connectivity index (χ0) is 19.4. The first-order valence-corrected chi connectivity index (χ1v) is 10.3. The molecule has 3 nitrogen and oxygen atoms in total. The van der Waals surface area contributed by atoms with E-state index < -0.39 is 8.45 Å². The van der Waals surface area contributed by atoms with Gasteiger partial charge in [0.1, 0.15) is 5.76 Å². The smallest absolute Gasteiger partial charge is 0.317 e. The van der Waals surface area contributed by atoms with E-state index >= 15 is 0 Å². The lowest BCUT2D eigenvalue weighted by Gasteiger charge is -2.27. The molecule has 27 heavy (non-hydrogen) atoms. The van der Waals surface area contributed by atoms with Crippen molar-refractivity contribution in [3.05, 3.63) is 108 Å². The summed E-state index contributed by atoms with van der Waals surface area (Å²) in [4.78, 5) is 0. The molecule has 140 valence electrons. The minimum Gasteiger partial charge on any atom is -0.439 e. The number of hydrogen-bond donors (Lipinski definition) is 0. The van der Waals surface area contributed by atoms with Crippen LogP contribution in [-0.4, -0.2) is 8.68 Å². The monoisotopic (exact) mass is 378 g/mol. The van der Waals surface area contributed by atoms with Gasteiger partial charge >= 0.3 is 8.45 Å². The Morgan fingerprint density at radius 1 is 1.04 bits per heavy atom. The van der Waals surface area contributed by atoms with E-state index in [4.69, 9.17) is 4.52 Å². The summed E-state index contributed by atoms with van der Waals surface area (Å²) in [5.41, 5.74) is 4.97. The van der Waals surface area contributed by atoms with Gasteiger partial charge in [-0.15, -0.1) is 0 Å². The van der Waals surface area contributed by atoms with Crippen molar-refractivity contribution in [2.75, 3.05) is 0 Å². The predicted octanol–water partition coefficient (Wildman–Crippen LogP) is 6.86. The van der Waals surface area contributed by atoms with Crippen molar-refractivity contribution in [1.82, 2.24) is 8.68 Å². The number of allylic oxidation sites excluding steroid dienone is 7. The van der Waals surface area contributed by atoms with Crippen molar-refractivity contribution in [3.8, 4) is 0 Å². The van der Waals surface area contributed by atoms with Crippen molar-refractivity contribution in [1.29, 1.82) is 0 Å². The zero-order valence-corrected chi connectivity index (χ0v) is 17.4. The van der Waals surface area contributed by atoms with Crippen molar-refractivity contribution in [2.45, 2.75) is 27.7 Å². The van der Waals surface area contributed by atoms with E-state index in [9.17, 15) is 0 Å². The number of rotatable bonds is 7. The van der Waals surface area contributed by atoms with Gasteiger partial charge in [-0.3, -0.25) is 8.68 Å². The van der Waals surface area contributed by atoms with Gasteiger partial charge in [-0.1, -0.05) is 42.0 Å². The molecule has 0 saturated carbocycles. The van der Waals surface area contributed by atoms with E-state index in [1.165, 1.54) is 16.7 Å². The van der Waals surface area contributed by atoms with Gasteiger partial charge in [0, 0.05) is 24.8 Å². The molecule has 0 aromatic carbocycles. The lowest BCUT2D eigenvalue weighted by Crippen LogP contribution is -2.10. The highest BCUT2D eigenvalue weighted by atomic mass is 31.2. The Balaban J connectivity index is 2.08. The van der Waals surface area contributed by atoms with Crippen LogP contribution in [0.1, 0.15) is 27.7 Å². The molecule has 0 radical (unpaired) electrons. The number of aromatic nitrogens is 2. The first kappa shape index (κ1) is 19.3. The summed E-state index contributed by atoms with van der Waals surface area (Å²) in [7, 11) is -1.07. The number of hydrogen-bond acceptors (Lipinski definition) is 1. The summed E-state index contributed by atoms with van der Waals surface area (Å²) in [6, 6.07) is 8.14. The molecule has 3 rings (SSSR count). The molecular weight excluding hydrogens is 351 g/mol. The Morgan fingerprint density at radius 3 is 2.04 bits per heavy atom. The van der Waals surface area contributed by atoms with Crippen LogP contribution in [0.4, 0.5) is 0 Å². The third kappa shape index (κ3) is 4.09. The van der Waals surface area contributed by atoms with Crippen molar-refractivity contribution in [3.63, 3.8) is 0 Å². The summed E-state index contributed by atoms with van der Waals surface area (Å²) in [5.74, 6) is 1.17. The first-order chi connectivity index (χ1) is 13.0. The third-order valence-electron chi connectivity index (χ3n) is 4.99. The normalized spacial score (nSPS) is 18.3. The van der Waals surface area contributed by atoms with Crippen LogP contribution in [0.3, 0.4) is 0 Å². The topological polar surface area (TPSA) is 19.1 Å². The van der Waals surface area contributed by atoms with E-state index in [1.54, 1.807) is 0 Å². The van der Waals surface area contributed by atoms with Crippen LogP contribution in [0, 0.1) is 5.92 Å². The van der Waals surface area contributed by atoms with E-state index in [1.807, 2.05) is 36.4 Å². The minimum atomic E-state index is -1.07. The summed E-state index contributed by atoms with van der Waals surface area (Å²) in [5, 5.41) is 0. The second kappa shape index (κ2) is 8.45. The average Bonchev–Trinajstić information content (AvgIpc) is 3.41. The van der Waals surface area contributed by atoms with Gasteiger partial charge in [0.2, 0.25) is 0 Å². The molecular formula is C23H27N2OP. The largest absolute Gasteiger partial charge is 0.439 e. The summed E-state index contributed by atoms with van der Waals surface area (Å²) < 4.78 is 11.1. The van der Waals surface area contributed by atoms with Gasteiger partial charge in [0.15, 0.2) is 0 Å². The molecule has 0 bridgehead atoms. The fourth-order valence-electron chi connectivity index (χ4n) is 3.08. The molecule has 0 N–H and O–H groups in total. The molecule has 0 aliphatic heterocycles. The molecule has 1 unspecified atom stereocenters. The molecule has 0 amide bonds. The Morgan fingerprint density at radius 2 is 1.59 bits per heavy atom. The lowest BCUT2D eigenvalue weighted by molar-refractivity contribution is 0.409. The van der Waals surface area contributed by atoms with Crippen molar-refractivity contribution >= 4 is 8.45 Å². The Bertz CT molecular complexity index is 878. The molecule has 1 aliphatic carbocycles. The minimum absolute atomic E-state index is 0.161. The lowest BCUT2D eigenvalue weighted by atomic mass is 9.95. The highest BCUT2D eigenvalue weighted by molar-refractivity contribution is 7.49. The van der Waals surface area contributed by atoms with Gasteiger partial charge < -0.3 is 4.52 Å². The molecule has 0 spiro atoms. The first-order valence-electron chi connectivity index (χ1n) is 9.13. The molecule has 2 aromatic heterocycles. The standard InChI is InChI=1S/C23H27N2OP/c1-6-11-18(2)21(5)23(22-13-12-19(3)20(22)4)26-27(24-14-7-8-15-24)25-16-9-10-17-25/h6-17,22H,1H2,2-5H3/b18-11-,23-21-. The maximum Gasteiger partial charge on any atom is 0.317 e. The third-order valence-corrected chi connectivity index (χ3v) is 6.67. The second-order valence-corrected chi connectivity index (χ2v) is 8.36. The van der Waals surface area contributed by atoms with Gasteiger partial charge in [0.25, 0.3) is 0 Å². The maximum absolute atomic E-state index is 6.78. The van der Waals surface area contributed by atoms with E-state index in [0.29, 0.717) is 0 Å². The van der Waals surface area contributed by atoms with Crippen LogP contribution < -0.4 is 0 Å². The fraction of sp³-hybridized carbons (Fsp3) is 0.217. The zero-order valence-electron chi connectivity index (χ0n) is 16.5. The second-order valence-electron chi connectivity index (χ2n) is 6.75. The molecule has 1 aliphatic rings. The van der Waals surface area contributed by atoms with Gasteiger partial charge in [-0.25, -0.2) is 0 Å². The van der Waals surface area contributed by atoms with Crippen LogP contribution in [0.5, 0.6) is 0 Å². The van der Waals surface area contributed by atoms with Crippen molar-refractivity contribution in [2.24, 2.45) is 5.92 Å². The van der Waals surface area contributed by atoms with Crippen LogP contribution in [-0.2, 0) is 4.52 Å². The quantitative estimate of drug-likeness (QED) is 0.293. The molecule has 1 atom stereocenters. The maximum atomic E-state index is 6.78. The Kier molecular flexibility index (Phi) is 6.03. The average molecular weight is 378 g/mol. The fourth-order valence-corrected chi connectivity index (χ4v) is 4.70. The highest BCUT2D eigenvalue weighted by Gasteiger charge is 2.27. The van der Waals surface area contributed by atoms with Crippen LogP contribution in [0.25, 0.3) is 0 Å². The van der Waals surface area contributed by atoms with Gasteiger partial charge in [-0.05, 0) is 63.1 Å². The number of nitrogens with zero attached hydrogens (tertiary/aromatic N) is 2. The van der Waals surface area contributed by atoms with Gasteiger partial charge in [-0.2, -0.15) is 0 Å². The Labute approximate surface area is 163 Å². The highest BCUT2D eigenvalue weighted by Crippen LogP contribution is 2.47. The summed E-state index contributed by atoms with van der Waals surface area (Å²) >= 11 is 0.